The van der Waals surface area contributed by atoms with Crippen molar-refractivity contribution in [1.29, 1.82) is 0 Å². The van der Waals surface area contributed by atoms with E-state index < -0.39 is 0 Å². The number of hydrogen-bond donors (Lipinski definition) is 0. The predicted molar refractivity (Wildman–Crippen MR) is 135 cm³/mol. The van der Waals surface area contributed by atoms with E-state index >= 15 is 0 Å². The fourth-order valence-electron chi connectivity index (χ4n) is 4.39. The maximum absolute atomic E-state index is 13.7. The standard InChI is InChI=1S/C29H33FN2O4/c1-18(2)28(33)32-15-14-20-8-11-23(16-25(20)27(32)21-6-9-22(30)10-7-21)35-17-24-12-13-26(36-24)29(34)31(5)19(3)4/h6-13,16,18-19,27H,14-15,17H2,1-5H3. The van der Waals surface area contributed by atoms with Crippen LogP contribution in [0.5, 0.6) is 5.75 Å². The molecule has 2 aromatic carbocycles. The SMILES string of the molecule is CC(C)C(=O)N1CCc2ccc(OCc3ccc(C(=O)N(C)C(C)C)o3)cc2C1c1ccc(F)cc1. The molecule has 1 atom stereocenters. The van der Waals surface area contributed by atoms with E-state index in [1.165, 1.54) is 12.1 Å². The van der Waals surface area contributed by atoms with E-state index in [-0.39, 0.29) is 48.0 Å². The molecule has 1 aliphatic heterocycles. The highest BCUT2D eigenvalue weighted by Gasteiger charge is 2.33. The molecule has 190 valence electrons. The van der Waals surface area contributed by atoms with E-state index in [1.807, 2.05) is 50.8 Å². The van der Waals surface area contributed by atoms with Gasteiger partial charge in [-0.15, -0.1) is 0 Å². The molecule has 2 heterocycles. The van der Waals surface area contributed by atoms with Gasteiger partial charge in [-0.2, -0.15) is 0 Å². The summed E-state index contributed by atoms with van der Waals surface area (Å²) in [5.41, 5.74) is 2.95. The number of hydrogen-bond acceptors (Lipinski definition) is 4. The molecule has 4 rings (SSSR count). The maximum Gasteiger partial charge on any atom is 0.289 e. The minimum Gasteiger partial charge on any atom is -0.486 e. The summed E-state index contributed by atoms with van der Waals surface area (Å²) < 4.78 is 25.4. The third-order valence-electron chi connectivity index (χ3n) is 6.66. The van der Waals surface area contributed by atoms with E-state index in [1.54, 1.807) is 36.2 Å². The van der Waals surface area contributed by atoms with Crippen molar-refractivity contribution in [3.8, 4) is 5.75 Å². The zero-order valence-electron chi connectivity index (χ0n) is 21.5. The van der Waals surface area contributed by atoms with Gasteiger partial charge in [0.05, 0.1) is 6.04 Å². The minimum absolute atomic E-state index is 0.0560. The molecule has 0 fully saturated rings. The van der Waals surface area contributed by atoms with Gasteiger partial charge in [0.2, 0.25) is 5.91 Å². The van der Waals surface area contributed by atoms with Crippen LogP contribution in [0.2, 0.25) is 0 Å². The van der Waals surface area contributed by atoms with Crippen LogP contribution in [0.4, 0.5) is 4.39 Å². The van der Waals surface area contributed by atoms with Crippen LogP contribution < -0.4 is 4.74 Å². The number of carbonyl (C=O) groups excluding carboxylic acids is 2. The summed E-state index contributed by atoms with van der Waals surface area (Å²) in [5, 5.41) is 0. The first-order chi connectivity index (χ1) is 17.2. The van der Waals surface area contributed by atoms with Crippen molar-refractivity contribution in [1.82, 2.24) is 9.80 Å². The Labute approximate surface area is 211 Å². The van der Waals surface area contributed by atoms with Crippen molar-refractivity contribution in [2.75, 3.05) is 13.6 Å². The van der Waals surface area contributed by atoms with Gasteiger partial charge in [0.1, 0.15) is 23.9 Å². The molecule has 1 aromatic heterocycles. The number of furan rings is 1. The second-order valence-corrected chi connectivity index (χ2v) is 9.82. The number of rotatable bonds is 7. The Morgan fingerprint density at radius 2 is 1.81 bits per heavy atom. The fraction of sp³-hybridized carbons (Fsp3) is 0.379. The third-order valence-corrected chi connectivity index (χ3v) is 6.66. The number of ether oxygens (including phenoxy) is 1. The smallest absolute Gasteiger partial charge is 0.289 e. The van der Waals surface area contributed by atoms with Gasteiger partial charge in [0.15, 0.2) is 5.76 Å². The van der Waals surface area contributed by atoms with Crippen molar-refractivity contribution in [3.63, 3.8) is 0 Å². The summed E-state index contributed by atoms with van der Waals surface area (Å²) in [6, 6.07) is 15.3. The third kappa shape index (κ3) is 5.30. The molecular weight excluding hydrogens is 459 g/mol. The lowest BCUT2D eigenvalue weighted by Gasteiger charge is -2.39. The van der Waals surface area contributed by atoms with Gasteiger partial charge in [-0.3, -0.25) is 9.59 Å². The number of amides is 2. The largest absolute Gasteiger partial charge is 0.486 e. The predicted octanol–water partition coefficient (Wildman–Crippen LogP) is 5.61. The summed E-state index contributed by atoms with van der Waals surface area (Å²) in [6.45, 7) is 8.42. The molecule has 0 spiro atoms. The second kappa shape index (κ2) is 10.6. The van der Waals surface area contributed by atoms with E-state index in [9.17, 15) is 14.0 Å². The highest BCUT2D eigenvalue weighted by molar-refractivity contribution is 5.91. The molecular formula is C29H33FN2O4. The topological polar surface area (TPSA) is 63.0 Å². The monoisotopic (exact) mass is 492 g/mol. The molecule has 1 aliphatic rings. The number of carbonyl (C=O) groups is 2. The van der Waals surface area contributed by atoms with E-state index in [0.717, 1.165) is 23.1 Å². The first-order valence-electron chi connectivity index (χ1n) is 12.3. The molecule has 0 N–H and O–H groups in total. The van der Waals surface area contributed by atoms with Gasteiger partial charge in [-0.05, 0) is 73.4 Å². The van der Waals surface area contributed by atoms with Crippen LogP contribution in [0.25, 0.3) is 0 Å². The highest BCUT2D eigenvalue weighted by atomic mass is 19.1. The van der Waals surface area contributed by atoms with Gasteiger partial charge in [0, 0.05) is 25.6 Å². The zero-order valence-corrected chi connectivity index (χ0v) is 21.5. The van der Waals surface area contributed by atoms with Crippen LogP contribution in [0.15, 0.2) is 59.0 Å². The van der Waals surface area contributed by atoms with Crippen molar-refractivity contribution in [2.45, 2.75) is 52.8 Å². The quantitative estimate of drug-likeness (QED) is 0.430. The summed E-state index contributed by atoms with van der Waals surface area (Å²) in [4.78, 5) is 29.1. The molecule has 7 heteroatoms. The summed E-state index contributed by atoms with van der Waals surface area (Å²) >= 11 is 0. The van der Waals surface area contributed by atoms with Gasteiger partial charge >= 0.3 is 0 Å². The van der Waals surface area contributed by atoms with Crippen LogP contribution in [0.3, 0.4) is 0 Å². The molecule has 0 saturated carbocycles. The van der Waals surface area contributed by atoms with E-state index in [4.69, 9.17) is 9.15 Å². The lowest BCUT2D eigenvalue weighted by Crippen LogP contribution is -2.42. The van der Waals surface area contributed by atoms with Crippen LogP contribution in [0, 0.1) is 11.7 Å². The molecule has 2 amide bonds. The molecule has 0 bridgehead atoms. The molecule has 0 radical (unpaired) electrons. The van der Waals surface area contributed by atoms with Crippen LogP contribution >= 0.6 is 0 Å². The summed E-state index contributed by atoms with van der Waals surface area (Å²) in [5.74, 6) is 0.851. The van der Waals surface area contributed by atoms with Crippen LogP contribution in [-0.4, -0.2) is 41.2 Å². The Morgan fingerprint density at radius 1 is 1.08 bits per heavy atom. The van der Waals surface area contributed by atoms with Crippen molar-refractivity contribution >= 4 is 11.8 Å². The zero-order chi connectivity index (χ0) is 26.0. The van der Waals surface area contributed by atoms with Crippen molar-refractivity contribution in [3.05, 3.63) is 88.6 Å². The van der Waals surface area contributed by atoms with Gasteiger partial charge in [-0.25, -0.2) is 4.39 Å². The Kier molecular flexibility index (Phi) is 7.48. The van der Waals surface area contributed by atoms with E-state index in [0.29, 0.717) is 18.1 Å². The lowest BCUT2D eigenvalue weighted by molar-refractivity contribution is -0.136. The molecule has 36 heavy (non-hydrogen) atoms. The average Bonchev–Trinajstić information content (AvgIpc) is 3.35. The first kappa shape index (κ1) is 25.5. The van der Waals surface area contributed by atoms with Crippen LogP contribution in [-0.2, 0) is 17.8 Å². The fourth-order valence-corrected chi connectivity index (χ4v) is 4.39. The van der Waals surface area contributed by atoms with Gasteiger partial charge in [0.25, 0.3) is 5.91 Å². The Bertz CT molecular complexity index is 1230. The Hall–Kier alpha value is -3.61. The number of nitrogens with zero attached hydrogens (tertiary/aromatic N) is 2. The van der Waals surface area contributed by atoms with Crippen molar-refractivity contribution in [2.24, 2.45) is 5.92 Å². The van der Waals surface area contributed by atoms with Crippen LogP contribution in [0.1, 0.15) is 66.7 Å². The number of benzene rings is 2. The summed E-state index contributed by atoms with van der Waals surface area (Å²) in [7, 11) is 1.74. The maximum atomic E-state index is 13.7. The normalized spacial score (nSPS) is 15.2. The molecule has 0 aliphatic carbocycles. The summed E-state index contributed by atoms with van der Waals surface area (Å²) in [6.07, 6.45) is 0.735. The highest BCUT2D eigenvalue weighted by Crippen LogP contribution is 2.38. The molecule has 3 aromatic rings. The average molecular weight is 493 g/mol. The molecule has 6 nitrogen and oxygen atoms in total. The number of fused-ring (bicyclic) bond motifs is 1. The molecule has 1 unspecified atom stereocenters. The minimum atomic E-state index is -0.327. The van der Waals surface area contributed by atoms with Gasteiger partial charge in [-0.1, -0.05) is 32.0 Å². The Balaban J connectivity index is 1.58. The lowest BCUT2D eigenvalue weighted by atomic mass is 9.87. The molecule has 0 saturated heterocycles. The second-order valence-electron chi connectivity index (χ2n) is 9.82. The van der Waals surface area contributed by atoms with Crippen molar-refractivity contribution < 1.29 is 23.1 Å². The van der Waals surface area contributed by atoms with E-state index in [2.05, 4.69) is 0 Å². The Morgan fingerprint density at radius 3 is 2.47 bits per heavy atom. The van der Waals surface area contributed by atoms with Gasteiger partial charge < -0.3 is 19.0 Å². The first-order valence-corrected chi connectivity index (χ1v) is 12.3. The number of halogens is 1.